The van der Waals surface area contributed by atoms with Crippen molar-refractivity contribution in [3.05, 3.63) is 21.4 Å². The molecule has 76 valence electrons. The number of hydrogen-bond donors (Lipinski definition) is 1. The van der Waals surface area contributed by atoms with Gasteiger partial charge in [0, 0.05) is 4.88 Å². The fourth-order valence-corrected chi connectivity index (χ4v) is 4.12. The van der Waals surface area contributed by atoms with Gasteiger partial charge in [0.1, 0.15) is 0 Å². The summed E-state index contributed by atoms with van der Waals surface area (Å²) in [6.07, 6.45) is 0.510. The highest BCUT2D eigenvalue weighted by Gasteiger charge is 2.24. The van der Waals surface area contributed by atoms with Crippen LogP contribution in [0.15, 0.2) is 6.07 Å². The van der Waals surface area contributed by atoms with E-state index in [1.54, 1.807) is 6.07 Å². The quantitative estimate of drug-likeness (QED) is 0.756. The highest BCUT2D eigenvalue weighted by atomic mass is 32.2. The zero-order valence-electron chi connectivity index (χ0n) is 7.32. The van der Waals surface area contributed by atoms with Crippen molar-refractivity contribution >= 4 is 27.1 Å². The predicted molar refractivity (Wildman–Crippen MR) is 54.0 cm³/mol. The fraction of sp³-hybridized carbons (Fsp3) is 0.375. The van der Waals surface area contributed by atoms with Gasteiger partial charge >= 0.3 is 0 Å². The molecule has 4 nitrogen and oxygen atoms in total. The molecule has 2 N–H and O–H groups in total. The maximum atomic E-state index is 11.3. The first-order chi connectivity index (χ1) is 6.48. The summed E-state index contributed by atoms with van der Waals surface area (Å²) in [4.78, 5) is 12.3. The standard InChI is InChI=1S/C8H9NO3S2/c9-8(10)7-3-5-4-14(11,12)2-1-6(5)13-7/h3H,1-2,4H2,(H2,9,10). The van der Waals surface area contributed by atoms with E-state index in [0.29, 0.717) is 11.3 Å². The molecule has 6 heteroatoms. The lowest BCUT2D eigenvalue weighted by Gasteiger charge is -2.10. The van der Waals surface area contributed by atoms with E-state index in [4.69, 9.17) is 5.73 Å². The van der Waals surface area contributed by atoms with Crippen molar-refractivity contribution in [2.24, 2.45) is 5.73 Å². The third kappa shape index (κ3) is 1.67. The zero-order chi connectivity index (χ0) is 10.3. The normalized spacial score (nSPS) is 18.9. The molecule has 1 aromatic heterocycles. The van der Waals surface area contributed by atoms with Crippen LogP contribution in [-0.4, -0.2) is 20.1 Å². The van der Waals surface area contributed by atoms with Gasteiger partial charge in [-0.1, -0.05) is 0 Å². The minimum absolute atomic E-state index is 0.0477. The van der Waals surface area contributed by atoms with E-state index in [9.17, 15) is 13.2 Å². The number of fused-ring (bicyclic) bond motifs is 1. The molecule has 0 spiro atoms. The van der Waals surface area contributed by atoms with E-state index in [2.05, 4.69) is 0 Å². The van der Waals surface area contributed by atoms with Crippen molar-refractivity contribution in [3.8, 4) is 0 Å². The summed E-state index contributed by atoms with van der Waals surface area (Å²) in [5.41, 5.74) is 5.86. The molecule has 0 fully saturated rings. The molecule has 2 rings (SSSR count). The topological polar surface area (TPSA) is 77.2 Å². The van der Waals surface area contributed by atoms with Gasteiger partial charge in [-0.15, -0.1) is 11.3 Å². The number of carbonyl (C=O) groups excluding carboxylic acids is 1. The molecule has 0 atom stereocenters. The Morgan fingerprint density at radius 3 is 2.86 bits per heavy atom. The smallest absolute Gasteiger partial charge is 0.258 e. The van der Waals surface area contributed by atoms with Crippen LogP contribution in [0.5, 0.6) is 0 Å². The van der Waals surface area contributed by atoms with Crippen molar-refractivity contribution < 1.29 is 13.2 Å². The van der Waals surface area contributed by atoms with Crippen LogP contribution in [0.25, 0.3) is 0 Å². The largest absolute Gasteiger partial charge is 0.365 e. The summed E-state index contributed by atoms with van der Waals surface area (Å²) in [6.45, 7) is 0. The van der Waals surface area contributed by atoms with Crippen LogP contribution in [-0.2, 0) is 22.0 Å². The van der Waals surface area contributed by atoms with Crippen molar-refractivity contribution in [2.45, 2.75) is 12.2 Å². The van der Waals surface area contributed by atoms with Crippen LogP contribution in [0.3, 0.4) is 0 Å². The first kappa shape index (κ1) is 9.67. The number of nitrogens with two attached hydrogens (primary N) is 1. The molecule has 1 aliphatic rings. The summed E-state index contributed by atoms with van der Waals surface area (Å²) in [6, 6.07) is 1.60. The Labute approximate surface area is 85.7 Å². The average molecular weight is 231 g/mol. The van der Waals surface area contributed by atoms with Crippen LogP contribution in [0.4, 0.5) is 0 Å². The molecule has 0 saturated carbocycles. The maximum absolute atomic E-state index is 11.3. The van der Waals surface area contributed by atoms with Gasteiger partial charge in [-0.2, -0.15) is 0 Å². The Balaban J connectivity index is 2.44. The second-order valence-corrected chi connectivity index (χ2v) is 6.59. The first-order valence-electron chi connectivity index (χ1n) is 4.10. The van der Waals surface area contributed by atoms with Crippen molar-refractivity contribution in [3.63, 3.8) is 0 Å². The summed E-state index contributed by atoms with van der Waals surface area (Å²) in [5.74, 6) is -0.257. The molecule has 14 heavy (non-hydrogen) atoms. The third-order valence-corrected chi connectivity index (χ3v) is 4.98. The van der Waals surface area contributed by atoms with Crippen LogP contribution in [0, 0.1) is 0 Å². The summed E-state index contributed by atoms with van der Waals surface area (Å²) in [7, 11) is -2.95. The summed E-state index contributed by atoms with van der Waals surface area (Å²) >= 11 is 1.31. The summed E-state index contributed by atoms with van der Waals surface area (Å²) in [5, 5.41) is 0. The lowest BCUT2D eigenvalue weighted by atomic mass is 10.2. The molecule has 2 heterocycles. The number of primary amides is 1. The lowest BCUT2D eigenvalue weighted by Crippen LogP contribution is -2.16. The van der Waals surface area contributed by atoms with Crippen LogP contribution < -0.4 is 5.73 Å². The molecule has 0 unspecified atom stereocenters. The molecule has 1 aliphatic heterocycles. The fourth-order valence-electron chi connectivity index (χ4n) is 1.48. The lowest BCUT2D eigenvalue weighted by molar-refractivity contribution is 0.100. The van der Waals surface area contributed by atoms with Gasteiger partial charge in [-0.05, 0) is 18.1 Å². The molecule has 0 aliphatic carbocycles. The SMILES string of the molecule is NC(=O)c1cc2c(s1)CCS(=O)(=O)C2. The van der Waals surface area contributed by atoms with Crippen LogP contribution >= 0.6 is 11.3 Å². The van der Waals surface area contributed by atoms with Crippen LogP contribution in [0.2, 0.25) is 0 Å². The number of sulfone groups is 1. The van der Waals surface area contributed by atoms with Crippen LogP contribution in [0.1, 0.15) is 20.1 Å². The average Bonchev–Trinajstić information content (AvgIpc) is 2.45. The number of hydrogen-bond acceptors (Lipinski definition) is 4. The van der Waals surface area contributed by atoms with Gasteiger partial charge in [0.25, 0.3) is 5.91 Å². The second-order valence-electron chi connectivity index (χ2n) is 3.27. The Morgan fingerprint density at radius 2 is 2.21 bits per heavy atom. The van der Waals surface area contributed by atoms with E-state index in [0.717, 1.165) is 10.4 Å². The Bertz CT molecular complexity index is 487. The molecular weight excluding hydrogens is 222 g/mol. The number of thiophene rings is 1. The monoisotopic (exact) mass is 231 g/mol. The molecule has 1 amide bonds. The second kappa shape index (κ2) is 3.06. The van der Waals surface area contributed by atoms with Crippen molar-refractivity contribution in [1.29, 1.82) is 0 Å². The first-order valence-corrected chi connectivity index (χ1v) is 6.73. The predicted octanol–water partition coefficient (Wildman–Crippen LogP) is 0.318. The molecule has 0 aromatic carbocycles. The van der Waals surface area contributed by atoms with E-state index < -0.39 is 15.7 Å². The van der Waals surface area contributed by atoms with Gasteiger partial charge in [0.15, 0.2) is 9.84 Å². The highest BCUT2D eigenvalue weighted by Crippen LogP contribution is 2.28. The Morgan fingerprint density at radius 1 is 1.50 bits per heavy atom. The third-order valence-electron chi connectivity index (χ3n) is 2.16. The number of aryl methyl sites for hydroxylation is 1. The highest BCUT2D eigenvalue weighted by molar-refractivity contribution is 7.90. The maximum Gasteiger partial charge on any atom is 0.258 e. The molecule has 0 radical (unpaired) electrons. The Hall–Kier alpha value is -0.880. The summed E-state index contributed by atoms with van der Waals surface area (Å²) < 4.78 is 22.6. The molecule has 0 saturated heterocycles. The van der Waals surface area contributed by atoms with Crippen molar-refractivity contribution in [2.75, 3.05) is 5.75 Å². The van der Waals surface area contributed by atoms with E-state index in [-0.39, 0.29) is 11.5 Å². The zero-order valence-corrected chi connectivity index (χ0v) is 8.95. The van der Waals surface area contributed by atoms with Crippen molar-refractivity contribution in [1.82, 2.24) is 0 Å². The minimum atomic E-state index is -2.95. The molecular formula is C8H9NO3S2. The van der Waals surface area contributed by atoms with Gasteiger partial charge < -0.3 is 5.73 Å². The number of amides is 1. The van der Waals surface area contributed by atoms with E-state index >= 15 is 0 Å². The number of rotatable bonds is 1. The van der Waals surface area contributed by atoms with Gasteiger partial charge in [-0.25, -0.2) is 8.42 Å². The van der Waals surface area contributed by atoms with E-state index in [1.807, 2.05) is 0 Å². The Kier molecular flexibility index (Phi) is 2.11. The van der Waals surface area contributed by atoms with Gasteiger partial charge in [0.2, 0.25) is 0 Å². The number of carbonyl (C=O) groups is 1. The van der Waals surface area contributed by atoms with Gasteiger partial charge in [-0.3, -0.25) is 4.79 Å². The van der Waals surface area contributed by atoms with Gasteiger partial charge in [0.05, 0.1) is 16.4 Å². The molecule has 1 aromatic rings. The van der Waals surface area contributed by atoms with E-state index in [1.165, 1.54) is 11.3 Å². The minimum Gasteiger partial charge on any atom is -0.365 e. The molecule has 0 bridgehead atoms.